The smallest absolute Gasteiger partial charge is 0.306 e. The first kappa shape index (κ1) is 65.4. The van der Waals surface area contributed by atoms with Crippen LogP contribution in [0.4, 0.5) is 0 Å². The molecule has 0 saturated carbocycles. The maximum absolute atomic E-state index is 12.8. The third-order valence-electron chi connectivity index (χ3n) is 14.6. The molecule has 0 aromatic heterocycles. The van der Waals surface area contributed by atoms with Crippen molar-refractivity contribution < 1.29 is 28.6 Å². The highest BCUT2D eigenvalue weighted by Crippen LogP contribution is 2.19. The maximum atomic E-state index is 12.8. The van der Waals surface area contributed by atoms with E-state index in [9.17, 15) is 14.4 Å². The molecule has 3 atom stereocenters. The van der Waals surface area contributed by atoms with Crippen molar-refractivity contribution in [3.05, 3.63) is 0 Å². The quantitative estimate of drug-likeness (QED) is 0.0343. The van der Waals surface area contributed by atoms with Crippen LogP contribution in [0.25, 0.3) is 0 Å². The Morgan fingerprint density at radius 2 is 0.522 bits per heavy atom. The van der Waals surface area contributed by atoms with Crippen LogP contribution in [-0.2, 0) is 28.6 Å². The van der Waals surface area contributed by atoms with E-state index in [-0.39, 0.29) is 31.1 Å². The zero-order valence-electron chi connectivity index (χ0n) is 46.2. The van der Waals surface area contributed by atoms with Gasteiger partial charge in [0.2, 0.25) is 0 Å². The van der Waals surface area contributed by atoms with Gasteiger partial charge in [-0.2, -0.15) is 0 Å². The molecule has 0 aliphatic rings. The molecule has 0 heterocycles. The molecule has 0 aliphatic heterocycles. The van der Waals surface area contributed by atoms with Crippen LogP contribution < -0.4 is 0 Å². The molecule has 0 saturated heterocycles. The van der Waals surface area contributed by atoms with Crippen molar-refractivity contribution in [2.45, 2.75) is 343 Å². The highest BCUT2D eigenvalue weighted by molar-refractivity contribution is 5.71. The van der Waals surface area contributed by atoms with Crippen LogP contribution in [0.2, 0.25) is 0 Å². The SMILES string of the molecule is CCC(C)CCCCCCCCCCCCCCCCCCCCC(=O)OC[C@@H](COC(=O)CCCCCCCCCCCCCCCCC(C)CC)OC(=O)CCCCCCCCC(C)C. The normalized spacial score (nSPS) is 12.9. The lowest BCUT2D eigenvalue weighted by Gasteiger charge is -2.18. The van der Waals surface area contributed by atoms with Gasteiger partial charge in [-0.1, -0.05) is 298 Å². The number of esters is 3. The van der Waals surface area contributed by atoms with Crippen molar-refractivity contribution in [2.75, 3.05) is 13.2 Å². The molecular formula is C61H118O6. The number of carbonyl (C=O) groups is 3. The van der Waals surface area contributed by atoms with Gasteiger partial charge < -0.3 is 14.2 Å². The molecule has 0 fully saturated rings. The number of ether oxygens (including phenoxy) is 3. The van der Waals surface area contributed by atoms with Gasteiger partial charge in [-0.3, -0.25) is 14.4 Å². The van der Waals surface area contributed by atoms with Gasteiger partial charge in [0.1, 0.15) is 13.2 Å². The Bertz CT molecular complexity index is 1040. The van der Waals surface area contributed by atoms with Crippen LogP contribution in [0, 0.1) is 17.8 Å². The Hall–Kier alpha value is -1.59. The summed E-state index contributed by atoms with van der Waals surface area (Å²) in [5.74, 6) is 1.72. The van der Waals surface area contributed by atoms with Crippen molar-refractivity contribution in [3.8, 4) is 0 Å². The van der Waals surface area contributed by atoms with E-state index in [0.29, 0.717) is 19.3 Å². The average molecular weight is 948 g/mol. The zero-order chi connectivity index (χ0) is 49.1. The molecule has 0 aromatic rings. The zero-order valence-corrected chi connectivity index (χ0v) is 46.2. The van der Waals surface area contributed by atoms with E-state index in [2.05, 4.69) is 41.5 Å². The van der Waals surface area contributed by atoms with Gasteiger partial charge >= 0.3 is 17.9 Å². The number of hydrogen-bond donors (Lipinski definition) is 0. The predicted molar refractivity (Wildman–Crippen MR) is 289 cm³/mol. The molecule has 2 unspecified atom stereocenters. The van der Waals surface area contributed by atoms with Crippen LogP contribution >= 0.6 is 0 Å². The average Bonchev–Trinajstić information content (AvgIpc) is 3.31. The summed E-state index contributed by atoms with van der Waals surface area (Å²) in [6, 6.07) is 0. The summed E-state index contributed by atoms with van der Waals surface area (Å²) in [7, 11) is 0. The van der Waals surface area contributed by atoms with Gasteiger partial charge in [-0.25, -0.2) is 0 Å². The molecule has 398 valence electrons. The minimum atomic E-state index is -0.764. The minimum Gasteiger partial charge on any atom is -0.462 e. The first-order valence-corrected chi connectivity index (χ1v) is 30.2. The largest absolute Gasteiger partial charge is 0.462 e. The molecule has 0 radical (unpaired) electrons. The van der Waals surface area contributed by atoms with E-state index in [1.165, 1.54) is 218 Å². The van der Waals surface area contributed by atoms with Gasteiger partial charge in [-0.05, 0) is 37.0 Å². The van der Waals surface area contributed by atoms with Gasteiger partial charge in [0, 0.05) is 19.3 Å². The molecule has 6 nitrogen and oxygen atoms in total. The fraction of sp³-hybridized carbons (Fsp3) is 0.951. The van der Waals surface area contributed by atoms with E-state index < -0.39 is 6.10 Å². The molecule has 0 amide bonds. The summed E-state index contributed by atoms with van der Waals surface area (Å²) < 4.78 is 16.9. The van der Waals surface area contributed by atoms with E-state index >= 15 is 0 Å². The topological polar surface area (TPSA) is 78.9 Å². The summed E-state index contributed by atoms with van der Waals surface area (Å²) in [6.45, 7) is 13.8. The lowest BCUT2D eigenvalue weighted by Crippen LogP contribution is -2.30. The van der Waals surface area contributed by atoms with Crippen molar-refractivity contribution in [2.24, 2.45) is 17.8 Å². The maximum Gasteiger partial charge on any atom is 0.306 e. The number of hydrogen-bond acceptors (Lipinski definition) is 6. The molecule has 0 N–H and O–H groups in total. The third kappa shape index (κ3) is 52.1. The first-order chi connectivity index (χ1) is 32.7. The van der Waals surface area contributed by atoms with E-state index in [4.69, 9.17) is 14.2 Å². The number of rotatable bonds is 54. The van der Waals surface area contributed by atoms with Crippen molar-refractivity contribution in [3.63, 3.8) is 0 Å². The molecule has 0 aliphatic carbocycles. The summed E-state index contributed by atoms with van der Waals surface area (Å²) in [5.41, 5.74) is 0. The Balaban J connectivity index is 4.15. The Kier molecular flexibility index (Phi) is 51.0. The third-order valence-corrected chi connectivity index (χ3v) is 14.6. The Morgan fingerprint density at radius 1 is 0.299 bits per heavy atom. The molecule has 6 heteroatoms. The van der Waals surface area contributed by atoms with Crippen LogP contribution in [0.3, 0.4) is 0 Å². The number of carbonyl (C=O) groups excluding carboxylic acids is 3. The lowest BCUT2D eigenvalue weighted by atomic mass is 9.99. The van der Waals surface area contributed by atoms with Crippen molar-refractivity contribution in [1.29, 1.82) is 0 Å². The molecular weight excluding hydrogens is 829 g/mol. The summed E-state index contributed by atoms with van der Waals surface area (Å²) in [5, 5.41) is 0. The van der Waals surface area contributed by atoms with Crippen LogP contribution in [0.1, 0.15) is 337 Å². The van der Waals surface area contributed by atoms with E-state index in [1.807, 2.05) is 0 Å². The highest BCUT2D eigenvalue weighted by atomic mass is 16.6. The van der Waals surface area contributed by atoms with Crippen molar-refractivity contribution >= 4 is 17.9 Å². The minimum absolute atomic E-state index is 0.0645. The summed E-state index contributed by atoms with van der Waals surface area (Å²) in [4.78, 5) is 38.1. The fourth-order valence-electron chi connectivity index (χ4n) is 9.29. The lowest BCUT2D eigenvalue weighted by molar-refractivity contribution is -0.167. The van der Waals surface area contributed by atoms with Crippen molar-refractivity contribution in [1.82, 2.24) is 0 Å². The molecule has 67 heavy (non-hydrogen) atoms. The van der Waals surface area contributed by atoms with Crippen LogP contribution in [0.5, 0.6) is 0 Å². The Morgan fingerprint density at radius 3 is 0.776 bits per heavy atom. The Labute approximate surface area is 418 Å². The van der Waals surface area contributed by atoms with Crippen LogP contribution in [-0.4, -0.2) is 37.2 Å². The van der Waals surface area contributed by atoms with Gasteiger partial charge in [-0.15, -0.1) is 0 Å². The second kappa shape index (κ2) is 52.2. The van der Waals surface area contributed by atoms with E-state index in [1.54, 1.807) is 0 Å². The summed E-state index contributed by atoms with van der Waals surface area (Å²) in [6.07, 6.45) is 55.4. The van der Waals surface area contributed by atoms with Gasteiger partial charge in [0.05, 0.1) is 0 Å². The molecule has 0 bridgehead atoms. The monoisotopic (exact) mass is 947 g/mol. The highest BCUT2D eigenvalue weighted by Gasteiger charge is 2.19. The van der Waals surface area contributed by atoms with Gasteiger partial charge in [0.15, 0.2) is 6.10 Å². The standard InChI is InChI=1S/C61H118O6/c1-7-56(5)48-42-36-29-25-21-17-13-11-9-10-12-14-19-23-27-31-38-44-50-59(62)65-53-58(67-61(64)52-46-40-34-33-35-41-47-55(3)4)54-66-60(63)51-45-39-32-28-24-20-16-15-18-22-26-30-37-43-49-57(6)8-2/h55-58H,7-54H2,1-6H3/t56?,57?,58-/m0/s1. The van der Waals surface area contributed by atoms with Crippen LogP contribution in [0.15, 0.2) is 0 Å². The first-order valence-electron chi connectivity index (χ1n) is 30.2. The predicted octanol–water partition coefficient (Wildman–Crippen LogP) is 19.9. The molecule has 0 aromatic carbocycles. The molecule has 0 rings (SSSR count). The van der Waals surface area contributed by atoms with Gasteiger partial charge in [0.25, 0.3) is 0 Å². The molecule has 0 spiro atoms. The second-order valence-corrected chi connectivity index (χ2v) is 21.9. The number of unbranched alkanes of at least 4 members (excludes halogenated alkanes) is 35. The summed E-state index contributed by atoms with van der Waals surface area (Å²) >= 11 is 0. The van der Waals surface area contributed by atoms with E-state index in [0.717, 1.165) is 75.5 Å². The second-order valence-electron chi connectivity index (χ2n) is 21.9. The fourth-order valence-corrected chi connectivity index (χ4v) is 9.29.